The summed E-state index contributed by atoms with van der Waals surface area (Å²) in [6.07, 6.45) is 4.58. The Bertz CT molecular complexity index is 660. The van der Waals surface area contributed by atoms with Crippen LogP contribution in [0.2, 0.25) is 0 Å². The summed E-state index contributed by atoms with van der Waals surface area (Å²) in [5.41, 5.74) is 3.67. The lowest BCUT2D eigenvalue weighted by Gasteiger charge is -2.28. The second kappa shape index (κ2) is 5.33. The quantitative estimate of drug-likeness (QED) is 0.841. The zero-order valence-corrected chi connectivity index (χ0v) is 11.8. The average molecular weight is 283 g/mol. The molecule has 0 unspecified atom stereocenters. The molecule has 108 valence electrons. The summed E-state index contributed by atoms with van der Waals surface area (Å²) in [5, 5.41) is 0. The van der Waals surface area contributed by atoms with Crippen molar-refractivity contribution in [2.45, 2.75) is 19.5 Å². The first-order valence-electron chi connectivity index (χ1n) is 7.27. The fourth-order valence-corrected chi connectivity index (χ4v) is 2.88. The maximum absolute atomic E-state index is 5.65. The van der Waals surface area contributed by atoms with Crippen LogP contribution >= 0.6 is 0 Å². The molecule has 2 aromatic rings. The van der Waals surface area contributed by atoms with Crippen LogP contribution < -0.4 is 9.47 Å². The third kappa shape index (κ3) is 2.56. The van der Waals surface area contributed by atoms with Crippen LogP contribution in [-0.4, -0.2) is 34.6 Å². The molecule has 5 nitrogen and oxygen atoms in total. The Balaban J connectivity index is 1.50. The molecule has 0 aliphatic carbocycles. The fraction of sp³-hybridized carbons (Fsp3) is 0.375. The van der Waals surface area contributed by atoms with Gasteiger partial charge in [0.25, 0.3) is 0 Å². The lowest BCUT2D eigenvalue weighted by Crippen LogP contribution is -2.30. The number of hydrogen-bond donors (Lipinski definition) is 0. The SMILES string of the molecule is c1ncc2c(n1)CN(Cc1ccc3c(c1)OCCO3)CC2. The zero-order chi connectivity index (χ0) is 14.1. The number of benzene rings is 1. The maximum Gasteiger partial charge on any atom is 0.161 e. The van der Waals surface area contributed by atoms with Gasteiger partial charge in [0.1, 0.15) is 19.5 Å². The van der Waals surface area contributed by atoms with Gasteiger partial charge in [-0.15, -0.1) is 0 Å². The normalized spacial score (nSPS) is 17.3. The molecule has 0 N–H and O–H groups in total. The van der Waals surface area contributed by atoms with Crippen LogP contribution in [0.15, 0.2) is 30.7 Å². The van der Waals surface area contributed by atoms with Crippen molar-refractivity contribution in [1.29, 1.82) is 0 Å². The van der Waals surface area contributed by atoms with E-state index in [0.29, 0.717) is 13.2 Å². The van der Waals surface area contributed by atoms with Crippen LogP contribution in [0.1, 0.15) is 16.8 Å². The minimum Gasteiger partial charge on any atom is -0.486 e. The van der Waals surface area contributed by atoms with Crippen LogP contribution in [0.3, 0.4) is 0 Å². The summed E-state index contributed by atoms with van der Waals surface area (Å²) in [6.45, 7) is 4.08. The first-order valence-corrected chi connectivity index (χ1v) is 7.27. The van der Waals surface area contributed by atoms with Crippen molar-refractivity contribution in [3.05, 3.63) is 47.5 Å². The molecule has 0 atom stereocenters. The topological polar surface area (TPSA) is 47.5 Å². The zero-order valence-electron chi connectivity index (χ0n) is 11.8. The standard InChI is InChI=1S/C16H17N3O2/c1-2-15-16(21-6-5-20-15)7-12(1)9-19-4-3-13-8-17-11-18-14(13)10-19/h1-2,7-8,11H,3-6,9-10H2. The highest BCUT2D eigenvalue weighted by atomic mass is 16.6. The largest absolute Gasteiger partial charge is 0.486 e. The first kappa shape index (κ1) is 12.6. The van der Waals surface area contributed by atoms with E-state index >= 15 is 0 Å². The number of fused-ring (bicyclic) bond motifs is 2. The molecule has 2 aliphatic rings. The van der Waals surface area contributed by atoms with Gasteiger partial charge in [-0.05, 0) is 29.7 Å². The van der Waals surface area contributed by atoms with Crippen molar-refractivity contribution in [2.24, 2.45) is 0 Å². The highest BCUT2D eigenvalue weighted by Crippen LogP contribution is 2.31. The Morgan fingerprint density at radius 2 is 2.05 bits per heavy atom. The Morgan fingerprint density at radius 3 is 3.00 bits per heavy atom. The van der Waals surface area contributed by atoms with Gasteiger partial charge in [0.15, 0.2) is 11.5 Å². The highest BCUT2D eigenvalue weighted by Gasteiger charge is 2.18. The Hall–Kier alpha value is -2.14. The van der Waals surface area contributed by atoms with E-state index in [2.05, 4.69) is 27.0 Å². The molecular formula is C16H17N3O2. The number of nitrogens with zero attached hydrogens (tertiary/aromatic N) is 3. The van der Waals surface area contributed by atoms with E-state index in [-0.39, 0.29) is 0 Å². The van der Waals surface area contributed by atoms with E-state index in [0.717, 1.165) is 43.2 Å². The van der Waals surface area contributed by atoms with Gasteiger partial charge in [0.2, 0.25) is 0 Å². The van der Waals surface area contributed by atoms with E-state index in [1.165, 1.54) is 11.1 Å². The molecule has 0 saturated heterocycles. The number of aromatic nitrogens is 2. The van der Waals surface area contributed by atoms with Crippen molar-refractivity contribution < 1.29 is 9.47 Å². The van der Waals surface area contributed by atoms with Gasteiger partial charge in [-0.25, -0.2) is 9.97 Å². The van der Waals surface area contributed by atoms with Crippen molar-refractivity contribution >= 4 is 0 Å². The van der Waals surface area contributed by atoms with Gasteiger partial charge in [0.05, 0.1) is 5.69 Å². The minimum absolute atomic E-state index is 0.629. The van der Waals surface area contributed by atoms with Gasteiger partial charge in [-0.3, -0.25) is 4.90 Å². The van der Waals surface area contributed by atoms with Crippen LogP contribution in [0, 0.1) is 0 Å². The van der Waals surface area contributed by atoms with Crippen LogP contribution in [-0.2, 0) is 19.5 Å². The molecule has 1 aromatic heterocycles. The summed E-state index contributed by atoms with van der Waals surface area (Å²) < 4.78 is 11.2. The lowest BCUT2D eigenvalue weighted by molar-refractivity contribution is 0.171. The van der Waals surface area contributed by atoms with Crippen LogP contribution in [0.5, 0.6) is 11.5 Å². The molecule has 2 aliphatic heterocycles. The molecular weight excluding hydrogens is 266 g/mol. The molecule has 0 fully saturated rings. The monoisotopic (exact) mass is 283 g/mol. The maximum atomic E-state index is 5.65. The van der Waals surface area contributed by atoms with Crippen molar-refractivity contribution in [2.75, 3.05) is 19.8 Å². The molecule has 0 spiro atoms. The third-order valence-corrected chi connectivity index (χ3v) is 3.96. The summed E-state index contributed by atoms with van der Waals surface area (Å²) in [6, 6.07) is 6.21. The highest BCUT2D eigenvalue weighted by molar-refractivity contribution is 5.43. The van der Waals surface area contributed by atoms with Crippen molar-refractivity contribution in [1.82, 2.24) is 14.9 Å². The molecule has 0 radical (unpaired) electrons. The summed E-state index contributed by atoms with van der Waals surface area (Å²) in [5.74, 6) is 1.71. The van der Waals surface area contributed by atoms with E-state index in [4.69, 9.17) is 9.47 Å². The smallest absolute Gasteiger partial charge is 0.161 e. The molecule has 0 bridgehead atoms. The number of rotatable bonds is 2. The summed E-state index contributed by atoms with van der Waals surface area (Å²) in [7, 11) is 0. The molecule has 3 heterocycles. The van der Waals surface area contributed by atoms with Gasteiger partial charge in [-0.1, -0.05) is 6.07 Å². The Labute approximate surface area is 123 Å². The minimum atomic E-state index is 0.629. The Kier molecular flexibility index (Phi) is 3.20. The van der Waals surface area contributed by atoms with Crippen molar-refractivity contribution in [3.8, 4) is 11.5 Å². The molecule has 1 aromatic carbocycles. The second-order valence-electron chi connectivity index (χ2n) is 5.43. The van der Waals surface area contributed by atoms with Crippen LogP contribution in [0.25, 0.3) is 0 Å². The van der Waals surface area contributed by atoms with E-state index < -0.39 is 0 Å². The number of hydrogen-bond acceptors (Lipinski definition) is 5. The molecule has 21 heavy (non-hydrogen) atoms. The predicted octanol–water partition coefficient (Wildman–Crippen LogP) is 1.81. The summed E-state index contributed by atoms with van der Waals surface area (Å²) in [4.78, 5) is 10.9. The third-order valence-electron chi connectivity index (χ3n) is 3.96. The number of ether oxygens (including phenoxy) is 2. The fourth-order valence-electron chi connectivity index (χ4n) is 2.88. The van der Waals surface area contributed by atoms with Gasteiger partial charge >= 0.3 is 0 Å². The average Bonchev–Trinajstić information content (AvgIpc) is 2.55. The molecule has 0 saturated carbocycles. The molecule has 4 rings (SSSR count). The Morgan fingerprint density at radius 1 is 1.14 bits per heavy atom. The van der Waals surface area contributed by atoms with Gasteiger partial charge in [0, 0.05) is 25.8 Å². The van der Waals surface area contributed by atoms with E-state index in [1.807, 2.05) is 12.3 Å². The van der Waals surface area contributed by atoms with E-state index in [1.54, 1.807) is 6.33 Å². The first-order chi connectivity index (χ1) is 10.4. The summed E-state index contributed by atoms with van der Waals surface area (Å²) >= 11 is 0. The van der Waals surface area contributed by atoms with Gasteiger partial charge < -0.3 is 9.47 Å². The predicted molar refractivity (Wildman–Crippen MR) is 77.3 cm³/mol. The lowest BCUT2D eigenvalue weighted by atomic mass is 10.1. The van der Waals surface area contributed by atoms with Crippen LogP contribution in [0.4, 0.5) is 0 Å². The van der Waals surface area contributed by atoms with Gasteiger partial charge in [-0.2, -0.15) is 0 Å². The molecule has 0 amide bonds. The van der Waals surface area contributed by atoms with E-state index in [9.17, 15) is 0 Å². The second-order valence-corrected chi connectivity index (χ2v) is 5.43. The molecule has 5 heteroatoms. The van der Waals surface area contributed by atoms with Crippen molar-refractivity contribution in [3.63, 3.8) is 0 Å².